The van der Waals surface area contributed by atoms with Gasteiger partial charge in [0.2, 0.25) is 5.91 Å². The summed E-state index contributed by atoms with van der Waals surface area (Å²) in [6.45, 7) is 1.19. The number of nitrogens with zero attached hydrogens (tertiary/aromatic N) is 3. The van der Waals surface area contributed by atoms with Crippen LogP contribution < -0.4 is 0 Å². The number of methoxy groups -OCH3 is 1. The first kappa shape index (κ1) is 25.2. The van der Waals surface area contributed by atoms with Gasteiger partial charge in [-0.25, -0.2) is 13.2 Å². The highest BCUT2D eigenvalue weighted by atomic mass is 35.5. The largest absolute Gasteiger partial charge is 0.467 e. The molecule has 1 atom stereocenters. The number of likely N-dealkylation sites (tertiary alicyclic amines) is 1. The molecule has 37 heavy (non-hydrogen) atoms. The number of hydrogen-bond donors (Lipinski definition) is 2. The number of esters is 1. The lowest BCUT2D eigenvalue weighted by atomic mass is 10.1. The molecule has 2 fully saturated rings. The van der Waals surface area contributed by atoms with Crippen molar-refractivity contribution in [3.8, 4) is 0 Å². The second kappa shape index (κ2) is 9.81. The van der Waals surface area contributed by atoms with Crippen molar-refractivity contribution in [3.63, 3.8) is 0 Å². The molecule has 2 aliphatic rings. The predicted molar refractivity (Wildman–Crippen MR) is 138 cm³/mol. The molecule has 194 valence electrons. The van der Waals surface area contributed by atoms with Gasteiger partial charge in [-0.1, -0.05) is 35.9 Å². The number of nitrogens with one attached hydrogen (secondary N) is 2. The first-order valence-electron chi connectivity index (χ1n) is 11.8. The number of carbonyl (C=O) groups is 2. The van der Waals surface area contributed by atoms with Crippen LogP contribution in [0.4, 0.5) is 0 Å². The molecular weight excluding hydrogens is 518 g/mol. The highest BCUT2D eigenvalue weighted by molar-refractivity contribution is 7.89. The highest BCUT2D eigenvalue weighted by Crippen LogP contribution is 2.27. The lowest BCUT2D eigenvalue weighted by Gasteiger charge is -2.38. The minimum Gasteiger partial charge on any atom is -0.467 e. The van der Waals surface area contributed by atoms with Gasteiger partial charge in [0.1, 0.15) is 16.9 Å². The number of sulfonamides is 1. The van der Waals surface area contributed by atoms with Gasteiger partial charge in [0, 0.05) is 47.7 Å². The quantitative estimate of drug-likeness (QED) is 0.279. The molecular formula is C25H26ClN5O5S. The molecule has 1 aromatic heterocycles. The van der Waals surface area contributed by atoms with Crippen LogP contribution in [0.5, 0.6) is 0 Å². The number of carbonyl (C=O) groups excluding carboxylic acids is 2. The molecule has 3 heterocycles. The number of H-pyrrole nitrogens is 1. The zero-order valence-corrected chi connectivity index (χ0v) is 21.7. The molecule has 10 nitrogen and oxygen atoms in total. The Labute approximate surface area is 219 Å². The van der Waals surface area contributed by atoms with Crippen LogP contribution in [0.2, 0.25) is 5.02 Å². The van der Waals surface area contributed by atoms with Gasteiger partial charge in [0.15, 0.2) is 0 Å². The fraction of sp³-hybridized carbons (Fsp3) is 0.320. The molecule has 12 heteroatoms. The Balaban J connectivity index is 1.36. The molecule has 0 unspecified atom stereocenters. The SMILES string of the molecule is COC(=O)[C@H]1CN(S(=O)(=O)c2cc3cc(Cl)ccc3[nH]2)CC(=O)N1Cc1ccc(C(=N)N2CCC2)cc1. The number of amidine groups is 1. The fourth-order valence-corrected chi connectivity index (χ4v) is 6.12. The number of ether oxygens (including phenoxy) is 1. The van der Waals surface area contributed by atoms with E-state index in [1.807, 2.05) is 29.2 Å². The Morgan fingerprint density at radius 1 is 1.16 bits per heavy atom. The van der Waals surface area contributed by atoms with E-state index >= 15 is 0 Å². The maximum absolute atomic E-state index is 13.4. The van der Waals surface area contributed by atoms with Crippen LogP contribution in [0.3, 0.4) is 0 Å². The van der Waals surface area contributed by atoms with E-state index in [-0.39, 0.29) is 18.1 Å². The Hall–Kier alpha value is -3.41. The molecule has 0 spiro atoms. The van der Waals surface area contributed by atoms with Gasteiger partial charge < -0.3 is 19.5 Å². The topological polar surface area (TPSA) is 127 Å². The Bertz CT molecular complexity index is 1480. The zero-order valence-electron chi connectivity index (χ0n) is 20.1. The van der Waals surface area contributed by atoms with E-state index in [0.29, 0.717) is 21.8 Å². The van der Waals surface area contributed by atoms with Crippen molar-refractivity contribution in [3.05, 3.63) is 64.7 Å². The third-order valence-corrected chi connectivity index (χ3v) is 8.76. The Morgan fingerprint density at radius 3 is 2.54 bits per heavy atom. The molecule has 0 aliphatic carbocycles. The van der Waals surface area contributed by atoms with E-state index in [1.165, 1.54) is 18.1 Å². The van der Waals surface area contributed by atoms with Crippen molar-refractivity contribution in [1.29, 1.82) is 5.41 Å². The average Bonchev–Trinajstić information content (AvgIpc) is 3.28. The van der Waals surface area contributed by atoms with Crippen LogP contribution in [0.25, 0.3) is 10.9 Å². The van der Waals surface area contributed by atoms with Gasteiger partial charge in [-0.05, 0) is 36.2 Å². The number of aromatic nitrogens is 1. The monoisotopic (exact) mass is 543 g/mol. The van der Waals surface area contributed by atoms with Gasteiger partial charge in [-0.15, -0.1) is 0 Å². The van der Waals surface area contributed by atoms with Crippen LogP contribution in [0.1, 0.15) is 17.5 Å². The van der Waals surface area contributed by atoms with Crippen molar-refractivity contribution in [1.82, 2.24) is 19.1 Å². The molecule has 2 N–H and O–H groups in total. The summed E-state index contributed by atoms with van der Waals surface area (Å²) < 4.78 is 32.7. The zero-order chi connectivity index (χ0) is 26.3. The molecule has 0 radical (unpaired) electrons. The first-order chi connectivity index (χ1) is 17.7. The van der Waals surface area contributed by atoms with E-state index in [4.69, 9.17) is 21.7 Å². The van der Waals surface area contributed by atoms with E-state index in [2.05, 4.69) is 4.98 Å². The first-order valence-corrected chi connectivity index (χ1v) is 13.6. The van der Waals surface area contributed by atoms with E-state index in [0.717, 1.165) is 34.9 Å². The number of piperazine rings is 1. The van der Waals surface area contributed by atoms with Crippen LogP contribution in [0, 0.1) is 5.41 Å². The maximum atomic E-state index is 13.4. The Kier molecular flexibility index (Phi) is 6.69. The van der Waals surface area contributed by atoms with Gasteiger partial charge in [0.05, 0.1) is 13.7 Å². The van der Waals surface area contributed by atoms with Gasteiger partial charge in [-0.3, -0.25) is 10.2 Å². The summed E-state index contributed by atoms with van der Waals surface area (Å²) in [6, 6.07) is 12.6. The Morgan fingerprint density at radius 2 is 1.89 bits per heavy atom. The van der Waals surface area contributed by atoms with Gasteiger partial charge >= 0.3 is 5.97 Å². The number of amides is 1. The van der Waals surface area contributed by atoms with E-state index in [9.17, 15) is 18.0 Å². The van der Waals surface area contributed by atoms with Crippen molar-refractivity contribution in [2.45, 2.75) is 24.0 Å². The number of halogens is 1. The van der Waals surface area contributed by atoms with Gasteiger partial charge in [-0.2, -0.15) is 4.31 Å². The highest BCUT2D eigenvalue weighted by Gasteiger charge is 2.42. The number of aromatic amines is 1. The molecule has 5 rings (SSSR count). The molecule has 2 aliphatic heterocycles. The normalized spacial score (nSPS) is 18.6. The summed E-state index contributed by atoms with van der Waals surface area (Å²) in [5.41, 5.74) is 2.11. The molecule has 3 aromatic rings. The van der Waals surface area contributed by atoms with E-state index < -0.39 is 34.5 Å². The van der Waals surface area contributed by atoms with Crippen LogP contribution >= 0.6 is 11.6 Å². The fourth-order valence-electron chi connectivity index (χ4n) is 4.53. The minimum absolute atomic E-state index is 0.0881. The van der Waals surface area contributed by atoms with E-state index in [1.54, 1.807) is 18.2 Å². The van der Waals surface area contributed by atoms with Gasteiger partial charge in [0.25, 0.3) is 10.0 Å². The second-order valence-corrected chi connectivity index (χ2v) is 11.5. The summed E-state index contributed by atoms with van der Waals surface area (Å²) >= 11 is 6.02. The van der Waals surface area contributed by atoms with Crippen LogP contribution in [0.15, 0.2) is 53.6 Å². The smallest absolute Gasteiger partial charge is 0.329 e. The summed E-state index contributed by atoms with van der Waals surface area (Å²) in [4.78, 5) is 32.0. The lowest BCUT2D eigenvalue weighted by Crippen LogP contribution is -2.60. The standard InChI is InChI=1S/C25H26ClN5O5S/c1-36-25(33)21-14-30(37(34,35)22-12-18-11-19(26)7-8-20(18)28-22)15-23(32)31(21)13-16-3-5-17(6-4-16)24(27)29-9-2-10-29/h3-8,11-12,21,27-28H,2,9-10,13-15H2,1H3/t21-/m1/s1. The summed E-state index contributed by atoms with van der Waals surface area (Å²) in [7, 11) is -2.91. The third-order valence-electron chi connectivity index (χ3n) is 6.79. The minimum atomic E-state index is -4.11. The molecule has 2 aromatic carbocycles. The summed E-state index contributed by atoms with van der Waals surface area (Å²) in [6.07, 6.45) is 1.08. The number of benzene rings is 2. The molecule has 2 saturated heterocycles. The number of fused-ring (bicyclic) bond motifs is 1. The molecule has 0 saturated carbocycles. The number of rotatable bonds is 6. The third kappa shape index (κ3) is 4.81. The van der Waals surface area contributed by atoms with Crippen molar-refractivity contribution < 1.29 is 22.7 Å². The average molecular weight is 544 g/mol. The molecule has 1 amide bonds. The second-order valence-electron chi connectivity index (χ2n) is 9.11. The van der Waals surface area contributed by atoms with Crippen molar-refractivity contribution in [2.75, 3.05) is 33.3 Å². The lowest BCUT2D eigenvalue weighted by molar-refractivity contribution is -0.157. The van der Waals surface area contributed by atoms with Crippen LogP contribution in [-0.4, -0.2) is 84.5 Å². The number of hydrogen-bond acceptors (Lipinski definition) is 6. The van der Waals surface area contributed by atoms with Crippen molar-refractivity contribution >= 4 is 50.2 Å². The van der Waals surface area contributed by atoms with Crippen LogP contribution in [-0.2, 0) is 30.9 Å². The molecule has 0 bridgehead atoms. The summed E-state index contributed by atoms with van der Waals surface area (Å²) in [5.74, 6) is -0.756. The predicted octanol–water partition coefficient (Wildman–Crippen LogP) is 2.43. The van der Waals surface area contributed by atoms with Crippen molar-refractivity contribution in [2.24, 2.45) is 0 Å². The summed E-state index contributed by atoms with van der Waals surface area (Å²) in [5, 5.41) is 9.28. The maximum Gasteiger partial charge on any atom is 0.329 e.